The van der Waals surface area contributed by atoms with E-state index in [9.17, 15) is 4.39 Å². The Hall–Kier alpha value is -0.490. The van der Waals surface area contributed by atoms with E-state index >= 15 is 0 Å². The van der Waals surface area contributed by atoms with Gasteiger partial charge in [-0.1, -0.05) is 13.0 Å². The fourth-order valence-corrected chi connectivity index (χ4v) is 3.21. The normalized spacial score (nSPS) is 20.4. The van der Waals surface area contributed by atoms with Crippen LogP contribution in [-0.4, -0.2) is 48.6 Å². The van der Waals surface area contributed by atoms with E-state index in [1.54, 1.807) is 12.1 Å². The molecule has 1 aromatic carbocycles. The summed E-state index contributed by atoms with van der Waals surface area (Å²) in [7, 11) is 0. The average Bonchev–Trinajstić information content (AvgIpc) is 2.51. The lowest BCUT2D eigenvalue weighted by Gasteiger charge is -2.41. The van der Waals surface area contributed by atoms with Gasteiger partial charge in [0.25, 0.3) is 0 Å². The van der Waals surface area contributed by atoms with Crippen molar-refractivity contribution >= 4 is 15.9 Å². The monoisotopic (exact) mass is 357 g/mol. The average molecular weight is 358 g/mol. The molecule has 2 unspecified atom stereocenters. The Bertz CT molecular complexity index is 461. The first-order chi connectivity index (χ1) is 10.1. The maximum Gasteiger partial charge on any atom is 0.137 e. The molecule has 0 bridgehead atoms. The largest absolute Gasteiger partial charge is 0.329 e. The van der Waals surface area contributed by atoms with Crippen LogP contribution < -0.4 is 5.73 Å². The third kappa shape index (κ3) is 4.03. The highest BCUT2D eigenvalue weighted by molar-refractivity contribution is 9.10. The second kappa shape index (κ2) is 7.68. The number of nitrogens with two attached hydrogens (primary N) is 1. The molecular weight excluding hydrogens is 333 g/mol. The quantitative estimate of drug-likeness (QED) is 0.878. The van der Waals surface area contributed by atoms with Crippen LogP contribution in [0.1, 0.15) is 31.9 Å². The lowest BCUT2D eigenvalue weighted by atomic mass is 10.0. The first-order valence-corrected chi connectivity index (χ1v) is 8.49. The van der Waals surface area contributed by atoms with Gasteiger partial charge in [0.15, 0.2) is 0 Å². The Morgan fingerprint density at radius 2 is 1.86 bits per heavy atom. The van der Waals surface area contributed by atoms with Crippen molar-refractivity contribution in [3.63, 3.8) is 0 Å². The fraction of sp³-hybridized carbons (Fsp3) is 0.625. The van der Waals surface area contributed by atoms with Crippen molar-refractivity contribution in [2.45, 2.75) is 32.4 Å². The molecule has 0 aromatic heterocycles. The molecule has 1 saturated heterocycles. The molecule has 1 aliphatic heterocycles. The minimum Gasteiger partial charge on any atom is -0.329 e. The second-order valence-electron chi connectivity index (χ2n) is 5.75. The highest BCUT2D eigenvalue weighted by Gasteiger charge is 2.26. The van der Waals surface area contributed by atoms with E-state index in [1.807, 2.05) is 6.07 Å². The van der Waals surface area contributed by atoms with Crippen LogP contribution in [0.5, 0.6) is 0 Å². The molecule has 5 heteroatoms. The standard InChI is InChI=1S/C16H25BrFN3/c1-3-12(2)20-6-8-21(9-7-20)16(11-19)13-4-5-14(17)15(18)10-13/h4-5,10,12,16H,3,6-9,11,19H2,1-2H3. The number of halogens is 2. The fourth-order valence-electron chi connectivity index (χ4n) is 2.96. The van der Waals surface area contributed by atoms with E-state index in [-0.39, 0.29) is 11.9 Å². The van der Waals surface area contributed by atoms with E-state index in [0.717, 1.165) is 31.7 Å². The van der Waals surface area contributed by atoms with E-state index in [1.165, 1.54) is 6.42 Å². The molecule has 2 atom stereocenters. The van der Waals surface area contributed by atoms with Gasteiger partial charge in [-0.3, -0.25) is 9.80 Å². The molecule has 2 rings (SSSR count). The molecule has 1 fully saturated rings. The van der Waals surface area contributed by atoms with E-state index in [2.05, 4.69) is 39.6 Å². The second-order valence-corrected chi connectivity index (χ2v) is 6.61. The Morgan fingerprint density at radius 1 is 1.24 bits per heavy atom. The van der Waals surface area contributed by atoms with Crippen LogP contribution >= 0.6 is 15.9 Å². The lowest BCUT2D eigenvalue weighted by Crippen LogP contribution is -2.51. The van der Waals surface area contributed by atoms with Crippen LogP contribution in [-0.2, 0) is 0 Å². The van der Waals surface area contributed by atoms with Crippen molar-refractivity contribution in [1.82, 2.24) is 9.80 Å². The molecule has 1 heterocycles. The van der Waals surface area contributed by atoms with Crippen molar-refractivity contribution in [2.75, 3.05) is 32.7 Å². The summed E-state index contributed by atoms with van der Waals surface area (Å²) in [5.41, 5.74) is 6.92. The van der Waals surface area contributed by atoms with E-state index < -0.39 is 0 Å². The molecule has 0 radical (unpaired) electrons. The SMILES string of the molecule is CCC(C)N1CCN(C(CN)c2ccc(Br)c(F)c2)CC1. The van der Waals surface area contributed by atoms with Crippen LogP contribution in [0.15, 0.2) is 22.7 Å². The van der Waals surface area contributed by atoms with Gasteiger partial charge in [-0.2, -0.15) is 0 Å². The van der Waals surface area contributed by atoms with Crippen molar-refractivity contribution in [1.29, 1.82) is 0 Å². The van der Waals surface area contributed by atoms with Crippen LogP contribution in [0, 0.1) is 5.82 Å². The molecule has 3 nitrogen and oxygen atoms in total. The minimum atomic E-state index is -0.218. The van der Waals surface area contributed by atoms with Crippen molar-refractivity contribution in [2.24, 2.45) is 5.73 Å². The van der Waals surface area contributed by atoms with Crippen molar-refractivity contribution in [3.05, 3.63) is 34.1 Å². The smallest absolute Gasteiger partial charge is 0.137 e. The lowest BCUT2D eigenvalue weighted by molar-refractivity contribution is 0.0743. The van der Waals surface area contributed by atoms with E-state index in [4.69, 9.17) is 5.73 Å². The summed E-state index contributed by atoms with van der Waals surface area (Å²) < 4.78 is 14.2. The summed E-state index contributed by atoms with van der Waals surface area (Å²) in [6.45, 7) is 9.12. The van der Waals surface area contributed by atoms with E-state index in [0.29, 0.717) is 17.1 Å². The van der Waals surface area contributed by atoms with Gasteiger partial charge in [0, 0.05) is 44.8 Å². The third-order valence-electron chi connectivity index (χ3n) is 4.56. The zero-order valence-electron chi connectivity index (χ0n) is 12.9. The summed E-state index contributed by atoms with van der Waals surface area (Å²) in [6, 6.07) is 6.07. The van der Waals surface area contributed by atoms with Gasteiger partial charge in [0.05, 0.1) is 4.47 Å². The highest BCUT2D eigenvalue weighted by Crippen LogP contribution is 2.25. The predicted molar refractivity (Wildman–Crippen MR) is 88.8 cm³/mol. The van der Waals surface area contributed by atoms with Gasteiger partial charge in [0.2, 0.25) is 0 Å². The van der Waals surface area contributed by atoms with Crippen molar-refractivity contribution in [3.8, 4) is 0 Å². The molecule has 0 aliphatic carbocycles. The zero-order chi connectivity index (χ0) is 15.4. The highest BCUT2D eigenvalue weighted by atomic mass is 79.9. The molecule has 21 heavy (non-hydrogen) atoms. The maximum atomic E-state index is 13.7. The summed E-state index contributed by atoms with van der Waals surface area (Å²) in [5, 5.41) is 0. The molecule has 1 aliphatic rings. The van der Waals surface area contributed by atoms with Crippen molar-refractivity contribution < 1.29 is 4.39 Å². The summed E-state index contributed by atoms with van der Waals surface area (Å²) in [4.78, 5) is 4.90. The van der Waals surface area contributed by atoms with Crippen LogP contribution in [0.4, 0.5) is 4.39 Å². The number of hydrogen-bond donors (Lipinski definition) is 1. The van der Waals surface area contributed by atoms with Gasteiger partial charge in [-0.05, 0) is 47.0 Å². The summed E-state index contributed by atoms with van der Waals surface area (Å²) in [6.07, 6.45) is 1.18. The van der Waals surface area contributed by atoms with Crippen LogP contribution in [0.2, 0.25) is 0 Å². The molecule has 2 N–H and O–H groups in total. The van der Waals surface area contributed by atoms with Crippen LogP contribution in [0.3, 0.4) is 0 Å². The first kappa shape index (κ1) is 16.9. The Balaban J connectivity index is 2.04. The number of benzene rings is 1. The zero-order valence-corrected chi connectivity index (χ0v) is 14.4. The van der Waals surface area contributed by atoms with Gasteiger partial charge >= 0.3 is 0 Å². The Kier molecular flexibility index (Phi) is 6.17. The van der Waals surface area contributed by atoms with Crippen LogP contribution in [0.25, 0.3) is 0 Å². The van der Waals surface area contributed by atoms with Gasteiger partial charge in [0.1, 0.15) is 5.82 Å². The minimum absolute atomic E-state index is 0.103. The number of piperazine rings is 1. The van der Waals surface area contributed by atoms with Gasteiger partial charge in [-0.15, -0.1) is 0 Å². The predicted octanol–water partition coefficient (Wildman–Crippen LogP) is 3.00. The Labute approximate surface area is 135 Å². The first-order valence-electron chi connectivity index (χ1n) is 7.70. The summed E-state index contributed by atoms with van der Waals surface area (Å²) >= 11 is 3.20. The molecule has 0 spiro atoms. The molecular formula is C16H25BrFN3. The molecule has 0 saturated carbocycles. The third-order valence-corrected chi connectivity index (χ3v) is 5.20. The topological polar surface area (TPSA) is 32.5 Å². The number of rotatable bonds is 5. The summed E-state index contributed by atoms with van der Waals surface area (Å²) in [5.74, 6) is -0.218. The van der Waals surface area contributed by atoms with Gasteiger partial charge in [-0.25, -0.2) is 4.39 Å². The van der Waals surface area contributed by atoms with Gasteiger partial charge < -0.3 is 5.73 Å². The molecule has 1 aromatic rings. The molecule has 0 amide bonds. The number of hydrogen-bond acceptors (Lipinski definition) is 3. The number of nitrogens with zero attached hydrogens (tertiary/aromatic N) is 2. The Morgan fingerprint density at radius 3 is 2.38 bits per heavy atom. The maximum absolute atomic E-state index is 13.7. The molecule has 118 valence electrons.